The number of nitrogens with zero attached hydrogens (tertiary/aromatic N) is 1. The van der Waals surface area contributed by atoms with Crippen molar-refractivity contribution in [3.63, 3.8) is 0 Å². The first-order chi connectivity index (χ1) is 9.92. The molecule has 0 aliphatic rings. The minimum Gasteiger partial charge on any atom is -0.383 e. The van der Waals surface area contributed by atoms with E-state index in [9.17, 15) is 12.8 Å². The number of anilines is 2. The molecule has 0 bridgehead atoms. The number of rotatable bonds is 5. The molecule has 21 heavy (non-hydrogen) atoms. The van der Waals surface area contributed by atoms with Gasteiger partial charge in [0.2, 0.25) is 0 Å². The van der Waals surface area contributed by atoms with Crippen LogP contribution in [0.1, 0.15) is 6.92 Å². The van der Waals surface area contributed by atoms with E-state index in [1.165, 1.54) is 12.3 Å². The highest BCUT2D eigenvalue weighted by Crippen LogP contribution is 2.23. The SMILES string of the molecule is CCNc1cccnc1S(=O)(=O)Nc1cc(F)cc(Cl)c1. The summed E-state index contributed by atoms with van der Waals surface area (Å²) in [6.45, 7) is 2.38. The number of sulfonamides is 1. The fraction of sp³-hybridized carbons (Fsp3) is 0.154. The zero-order valence-electron chi connectivity index (χ0n) is 11.1. The van der Waals surface area contributed by atoms with E-state index < -0.39 is 15.8 Å². The molecular weight excluding hydrogens is 317 g/mol. The smallest absolute Gasteiger partial charge is 0.281 e. The maximum Gasteiger partial charge on any atom is 0.281 e. The summed E-state index contributed by atoms with van der Waals surface area (Å²) in [7, 11) is -3.95. The van der Waals surface area contributed by atoms with E-state index in [1.807, 2.05) is 6.92 Å². The molecule has 1 aromatic heterocycles. The summed E-state index contributed by atoms with van der Waals surface area (Å²) in [5.41, 5.74) is 0.406. The Kier molecular flexibility index (Phi) is 4.64. The molecule has 1 aromatic carbocycles. The first-order valence-electron chi connectivity index (χ1n) is 6.10. The van der Waals surface area contributed by atoms with Crippen molar-refractivity contribution in [3.05, 3.63) is 47.4 Å². The van der Waals surface area contributed by atoms with E-state index in [-0.39, 0.29) is 15.7 Å². The van der Waals surface area contributed by atoms with Crippen LogP contribution in [0.5, 0.6) is 0 Å². The number of hydrogen-bond acceptors (Lipinski definition) is 4. The average molecular weight is 330 g/mol. The zero-order chi connectivity index (χ0) is 15.5. The van der Waals surface area contributed by atoms with Crippen LogP contribution in [0.4, 0.5) is 15.8 Å². The lowest BCUT2D eigenvalue weighted by Gasteiger charge is -2.12. The van der Waals surface area contributed by atoms with Crippen molar-refractivity contribution in [1.29, 1.82) is 0 Å². The van der Waals surface area contributed by atoms with E-state index in [1.54, 1.807) is 12.1 Å². The Morgan fingerprint density at radius 3 is 2.76 bits per heavy atom. The van der Waals surface area contributed by atoms with Crippen molar-refractivity contribution < 1.29 is 12.8 Å². The predicted octanol–water partition coefficient (Wildman–Crippen LogP) is 3.11. The van der Waals surface area contributed by atoms with Crippen molar-refractivity contribution in [3.8, 4) is 0 Å². The molecule has 0 unspecified atom stereocenters. The molecule has 2 aromatic rings. The largest absolute Gasteiger partial charge is 0.383 e. The summed E-state index contributed by atoms with van der Waals surface area (Å²) >= 11 is 5.70. The highest BCUT2D eigenvalue weighted by molar-refractivity contribution is 7.92. The van der Waals surface area contributed by atoms with Gasteiger partial charge in [0, 0.05) is 17.8 Å². The van der Waals surface area contributed by atoms with E-state index in [2.05, 4.69) is 15.0 Å². The highest BCUT2D eigenvalue weighted by Gasteiger charge is 2.20. The Bertz CT molecular complexity index is 733. The van der Waals surface area contributed by atoms with Crippen molar-refractivity contribution in [2.45, 2.75) is 11.9 Å². The number of hydrogen-bond donors (Lipinski definition) is 2. The quantitative estimate of drug-likeness (QED) is 0.884. The van der Waals surface area contributed by atoms with Gasteiger partial charge in [0.05, 0.1) is 11.4 Å². The molecule has 0 amide bonds. The molecule has 0 fully saturated rings. The van der Waals surface area contributed by atoms with Crippen LogP contribution in [-0.4, -0.2) is 19.9 Å². The van der Waals surface area contributed by atoms with Gasteiger partial charge >= 0.3 is 0 Å². The van der Waals surface area contributed by atoms with Crippen LogP contribution >= 0.6 is 11.6 Å². The molecule has 0 saturated carbocycles. The fourth-order valence-corrected chi connectivity index (χ4v) is 3.12. The van der Waals surface area contributed by atoms with Crippen LogP contribution in [0, 0.1) is 5.82 Å². The van der Waals surface area contributed by atoms with Crippen molar-refractivity contribution in [2.24, 2.45) is 0 Å². The van der Waals surface area contributed by atoms with Crippen LogP contribution < -0.4 is 10.0 Å². The Hall–Kier alpha value is -1.86. The standard InChI is InChI=1S/C13H13ClFN3O2S/c1-2-16-12-4-3-5-17-13(12)21(19,20)18-11-7-9(14)6-10(15)8-11/h3-8,16,18H,2H2,1H3. The predicted molar refractivity (Wildman–Crippen MR) is 80.6 cm³/mol. The van der Waals surface area contributed by atoms with Gasteiger partial charge in [-0.15, -0.1) is 0 Å². The molecule has 1 heterocycles. The first kappa shape index (κ1) is 15.5. The van der Waals surface area contributed by atoms with Gasteiger partial charge in [0.15, 0.2) is 5.03 Å². The third kappa shape index (κ3) is 3.83. The van der Waals surface area contributed by atoms with Gasteiger partial charge in [-0.2, -0.15) is 8.42 Å². The van der Waals surface area contributed by atoms with Gasteiger partial charge in [-0.05, 0) is 37.3 Å². The second-order valence-electron chi connectivity index (χ2n) is 4.15. The van der Waals surface area contributed by atoms with E-state index >= 15 is 0 Å². The van der Waals surface area contributed by atoms with Gasteiger partial charge in [-0.3, -0.25) is 4.72 Å². The zero-order valence-corrected chi connectivity index (χ0v) is 12.7. The lowest BCUT2D eigenvalue weighted by molar-refractivity contribution is 0.598. The summed E-state index contributed by atoms with van der Waals surface area (Å²) in [4.78, 5) is 3.87. The van der Waals surface area contributed by atoms with Crippen LogP contribution in [0.2, 0.25) is 5.02 Å². The summed E-state index contributed by atoms with van der Waals surface area (Å²) in [5.74, 6) is -0.631. The maximum absolute atomic E-state index is 13.3. The lowest BCUT2D eigenvalue weighted by atomic mass is 10.3. The number of benzene rings is 1. The summed E-state index contributed by atoms with van der Waals surface area (Å²) in [6, 6.07) is 6.67. The summed E-state index contributed by atoms with van der Waals surface area (Å²) in [5, 5.41) is 2.85. The fourth-order valence-electron chi connectivity index (χ4n) is 1.75. The third-order valence-electron chi connectivity index (χ3n) is 2.51. The molecule has 0 aliphatic carbocycles. The van der Waals surface area contributed by atoms with E-state index in [4.69, 9.17) is 11.6 Å². The molecule has 2 rings (SSSR count). The molecular formula is C13H13ClFN3O2S. The van der Waals surface area contributed by atoms with E-state index in [0.717, 1.165) is 12.1 Å². The van der Waals surface area contributed by atoms with Crippen molar-refractivity contribution in [2.75, 3.05) is 16.6 Å². The minimum atomic E-state index is -3.95. The molecule has 0 saturated heterocycles. The average Bonchev–Trinajstić information content (AvgIpc) is 2.37. The third-order valence-corrected chi connectivity index (χ3v) is 4.06. The molecule has 5 nitrogen and oxygen atoms in total. The summed E-state index contributed by atoms with van der Waals surface area (Å²) < 4.78 is 40.2. The summed E-state index contributed by atoms with van der Waals surface area (Å²) in [6.07, 6.45) is 1.37. The second kappa shape index (κ2) is 6.28. The van der Waals surface area contributed by atoms with Gasteiger partial charge in [0.25, 0.3) is 10.0 Å². The number of aromatic nitrogens is 1. The molecule has 0 radical (unpaired) electrons. The normalized spacial score (nSPS) is 11.2. The second-order valence-corrected chi connectivity index (χ2v) is 6.18. The van der Waals surface area contributed by atoms with Crippen LogP contribution in [-0.2, 0) is 10.0 Å². The monoisotopic (exact) mass is 329 g/mol. The molecule has 2 N–H and O–H groups in total. The topological polar surface area (TPSA) is 71.1 Å². The van der Waals surface area contributed by atoms with Crippen LogP contribution in [0.15, 0.2) is 41.6 Å². The van der Waals surface area contributed by atoms with Gasteiger partial charge < -0.3 is 5.32 Å². The Morgan fingerprint density at radius 1 is 1.33 bits per heavy atom. The molecule has 0 aliphatic heterocycles. The number of halogens is 2. The lowest BCUT2D eigenvalue weighted by Crippen LogP contribution is -2.17. The first-order valence-corrected chi connectivity index (χ1v) is 7.96. The van der Waals surface area contributed by atoms with Crippen molar-refractivity contribution >= 4 is 33.0 Å². The van der Waals surface area contributed by atoms with Crippen molar-refractivity contribution in [1.82, 2.24) is 4.98 Å². The number of nitrogens with one attached hydrogen (secondary N) is 2. The molecule has 112 valence electrons. The molecule has 0 spiro atoms. The van der Waals surface area contributed by atoms with Gasteiger partial charge in [-0.25, -0.2) is 9.37 Å². The Labute approximate surface area is 127 Å². The van der Waals surface area contributed by atoms with Crippen LogP contribution in [0.3, 0.4) is 0 Å². The van der Waals surface area contributed by atoms with Crippen LogP contribution in [0.25, 0.3) is 0 Å². The van der Waals surface area contributed by atoms with Gasteiger partial charge in [-0.1, -0.05) is 11.6 Å². The number of pyridine rings is 1. The van der Waals surface area contributed by atoms with E-state index in [0.29, 0.717) is 12.2 Å². The van der Waals surface area contributed by atoms with Gasteiger partial charge in [0.1, 0.15) is 5.82 Å². The Balaban J connectivity index is 2.38. The molecule has 0 atom stereocenters. The molecule has 8 heteroatoms. The Morgan fingerprint density at radius 2 is 2.10 bits per heavy atom. The minimum absolute atomic E-state index is 0.0353. The highest BCUT2D eigenvalue weighted by atomic mass is 35.5. The maximum atomic E-state index is 13.3.